The van der Waals surface area contributed by atoms with Crippen LogP contribution in [0.2, 0.25) is 0 Å². The van der Waals surface area contributed by atoms with Crippen molar-refractivity contribution in [2.24, 2.45) is 0 Å². The Labute approximate surface area is 266 Å². The van der Waals surface area contributed by atoms with Crippen LogP contribution in [0.1, 0.15) is 0 Å². The van der Waals surface area contributed by atoms with E-state index in [0.717, 1.165) is 56.1 Å². The van der Waals surface area contributed by atoms with Crippen molar-refractivity contribution in [1.82, 2.24) is 14.5 Å². The van der Waals surface area contributed by atoms with E-state index in [9.17, 15) is 0 Å². The van der Waals surface area contributed by atoms with Gasteiger partial charge in [0.1, 0.15) is 5.82 Å². The number of hydrogen-bond acceptors (Lipinski definition) is 3. The normalized spacial score (nSPS) is 11.5. The van der Waals surface area contributed by atoms with Crippen molar-refractivity contribution in [3.05, 3.63) is 170 Å². The van der Waals surface area contributed by atoms with E-state index in [2.05, 4.69) is 166 Å². The minimum atomic E-state index is 0.894. The summed E-state index contributed by atoms with van der Waals surface area (Å²) in [6, 6.07) is 57.8. The maximum Gasteiger partial charge on any atom is 0.145 e. The van der Waals surface area contributed by atoms with Crippen molar-refractivity contribution in [2.45, 2.75) is 0 Å². The first-order chi connectivity index (χ1) is 22.8. The third kappa shape index (κ3) is 4.23. The van der Waals surface area contributed by atoms with Gasteiger partial charge in [-0.25, -0.2) is 4.98 Å². The molecule has 2 aromatic heterocycles. The quantitative estimate of drug-likeness (QED) is 0.201. The van der Waals surface area contributed by atoms with Crippen LogP contribution in [0.4, 0.5) is 17.1 Å². The Balaban J connectivity index is 1.25. The summed E-state index contributed by atoms with van der Waals surface area (Å²) in [4.78, 5) is 12.2. The molecule has 7 aromatic carbocycles. The van der Waals surface area contributed by atoms with E-state index in [-0.39, 0.29) is 0 Å². The average molecular weight is 589 g/mol. The predicted molar refractivity (Wildman–Crippen MR) is 192 cm³/mol. The Kier molecular flexibility index (Phi) is 6.10. The molecule has 0 atom stereocenters. The Bertz CT molecular complexity index is 2450. The highest BCUT2D eigenvalue weighted by molar-refractivity contribution is 6.04. The van der Waals surface area contributed by atoms with Gasteiger partial charge in [0.05, 0.1) is 33.6 Å². The third-order valence-corrected chi connectivity index (χ3v) is 8.82. The molecule has 0 amide bonds. The van der Waals surface area contributed by atoms with Crippen molar-refractivity contribution < 1.29 is 0 Å². The summed E-state index contributed by atoms with van der Waals surface area (Å²) < 4.78 is 2.27. The van der Waals surface area contributed by atoms with Crippen LogP contribution < -0.4 is 4.90 Å². The van der Waals surface area contributed by atoms with Gasteiger partial charge < -0.3 is 4.90 Å². The zero-order chi connectivity index (χ0) is 30.5. The summed E-state index contributed by atoms with van der Waals surface area (Å²) in [5.74, 6) is 0.894. The monoisotopic (exact) mass is 588 g/mol. The number of anilines is 3. The molecule has 0 radical (unpaired) electrons. The van der Waals surface area contributed by atoms with Crippen LogP contribution in [0.25, 0.3) is 60.6 Å². The molecule has 0 bridgehead atoms. The van der Waals surface area contributed by atoms with Crippen molar-refractivity contribution in [3.63, 3.8) is 0 Å². The van der Waals surface area contributed by atoms with Gasteiger partial charge in [-0.15, -0.1) is 0 Å². The SMILES string of the molecule is c1ccc2c(N(c3ccc(-c4nc5ccccc5n4-c4cccc5ncccc45)cc3)c3cccc4ccccc34)cccc2c1. The lowest BCUT2D eigenvalue weighted by atomic mass is 10.0. The van der Waals surface area contributed by atoms with Crippen molar-refractivity contribution >= 4 is 60.5 Å². The largest absolute Gasteiger partial charge is 0.309 e. The van der Waals surface area contributed by atoms with Crippen molar-refractivity contribution in [1.29, 1.82) is 0 Å². The number of pyridine rings is 1. The predicted octanol–water partition coefficient (Wildman–Crippen LogP) is 11.0. The van der Waals surface area contributed by atoms with Crippen LogP contribution in [0, 0.1) is 0 Å². The number of hydrogen-bond donors (Lipinski definition) is 0. The molecule has 216 valence electrons. The number of imidazole rings is 1. The highest BCUT2D eigenvalue weighted by atomic mass is 15.1. The highest BCUT2D eigenvalue weighted by Crippen LogP contribution is 2.42. The van der Waals surface area contributed by atoms with E-state index in [4.69, 9.17) is 4.98 Å². The van der Waals surface area contributed by atoms with Gasteiger partial charge in [0.15, 0.2) is 0 Å². The molecule has 0 aliphatic carbocycles. The van der Waals surface area contributed by atoms with E-state index in [1.807, 2.05) is 18.3 Å². The maximum absolute atomic E-state index is 5.17. The van der Waals surface area contributed by atoms with Crippen molar-refractivity contribution in [3.8, 4) is 17.1 Å². The Hall–Kier alpha value is -6.26. The fraction of sp³-hybridized carbons (Fsp3) is 0. The Morgan fingerprint density at radius 1 is 0.457 bits per heavy atom. The van der Waals surface area contributed by atoms with Gasteiger partial charge in [-0.05, 0) is 83.6 Å². The molecule has 4 nitrogen and oxygen atoms in total. The molecule has 0 fully saturated rings. The molecule has 9 aromatic rings. The van der Waals surface area contributed by atoms with E-state index in [1.54, 1.807) is 0 Å². The topological polar surface area (TPSA) is 34.0 Å². The van der Waals surface area contributed by atoms with Gasteiger partial charge in [0, 0.05) is 33.6 Å². The lowest BCUT2D eigenvalue weighted by Crippen LogP contribution is -2.11. The fourth-order valence-corrected chi connectivity index (χ4v) is 6.72. The highest BCUT2D eigenvalue weighted by Gasteiger charge is 2.20. The van der Waals surface area contributed by atoms with Gasteiger partial charge in [0.2, 0.25) is 0 Å². The van der Waals surface area contributed by atoms with Crippen LogP contribution >= 0.6 is 0 Å². The van der Waals surface area contributed by atoms with Crippen molar-refractivity contribution in [2.75, 3.05) is 4.90 Å². The van der Waals surface area contributed by atoms with Gasteiger partial charge in [0.25, 0.3) is 0 Å². The first-order valence-corrected chi connectivity index (χ1v) is 15.5. The van der Waals surface area contributed by atoms with E-state index in [1.165, 1.54) is 21.5 Å². The molecule has 46 heavy (non-hydrogen) atoms. The summed E-state index contributed by atoms with van der Waals surface area (Å²) in [7, 11) is 0. The Morgan fingerprint density at radius 3 is 1.78 bits per heavy atom. The summed E-state index contributed by atoms with van der Waals surface area (Å²) in [5, 5.41) is 5.91. The second-order valence-corrected chi connectivity index (χ2v) is 11.5. The molecule has 2 heterocycles. The number of rotatable bonds is 5. The molecular weight excluding hydrogens is 560 g/mol. The molecule has 0 saturated heterocycles. The second-order valence-electron chi connectivity index (χ2n) is 11.5. The summed E-state index contributed by atoms with van der Waals surface area (Å²) >= 11 is 0. The molecule has 0 aliphatic rings. The number of nitrogens with zero attached hydrogens (tertiary/aromatic N) is 4. The number of aromatic nitrogens is 3. The first-order valence-electron chi connectivity index (χ1n) is 15.5. The molecule has 9 rings (SSSR count). The third-order valence-electron chi connectivity index (χ3n) is 8.82. The summed E-state index contributed by atoms with van der Waals surface area (Å²) in [5.41, 5.74) is 8.42. The van der Waals surface area contributed by atoms with E-state index in [0.29, 0.717) is 0 Å². The average Bonchev–Trinajstić information content (AvgIpc) is 3.51. The molecule has 0 unspecified atom stereocenters. The number of benzene rings is 7. The minimum absolute atomic E-state index is 0.894. The lowest BCUT2D eigenvalue weighted by molar-refractivity contribution is 1.11. The Morgan fingerprint density at radius 2 is 1.04 bits per heavy atom. The van der Waals surface area contributed by atoms with Crippen LogP contribution in [0.3, 0.4) is 0 Å². The summed E-state index contributed by atoms with van der Waals surface area (Å²) in [6.07, 6.45) is 1.84. The lowest BCUT2D eigenvalue weighted by Gasteiger charge is -2.28. The smallest absolute Gasteiger partial charge is 0.145 e. The molecule has 0 N–H and O–H groups in total. The molecule has 0 spiro atoms. The second kappa shape index (κ2) is 10.7. The van der Waals surface area contributed by atoms with Crippen LogP contribution in [0.15, 0.2) is 170 Å². The summed E-state index contributed by atoms with van der Waals surface area (Å²) in [6.45, 7) is 0. The van der Waals surface area contributed by atoms with E-state index >= 15 is 0 Å². The molecule has 0 saturated carbocycles. The first kappa shape index (κ1) is 26.2. The van der Waals surface area contributed by atoms with Gasteiger partial charge in [-0.1, -0.05) is 91.0 Å². The molecular formula is C42H28N4. The molecule has 0 aliphatic heterocycles. The molecule has 4 heteroatoms. The standard InChI is InChI=1S/C42H28N4/c1-3-15-33-29(11-1)13-7-21-38(33)45(39-22-8-14-30-12-2-4-16-34(30)39)32-26-24-31(25-27-32)42-44-37-18-5-6-20-41(37)46(42)40-23-9-19-36-35(40)17-10-28-43-36/h1-28H. The number of fused-ring (bicyclic) bond motifs is 4. The van der Waals surface area contributed by atoms with Crippen LogP contribution in [-0.4, -0.2) is 14.5 Å². The van der Waals surface area contributed by atoms with Gasteiger partial charge >= 0.3 is 0 Å². The van der Waals surface area contributed by atoms with Gasteiger partial charge in [-0.2, -0.15) is 0 Å². The van der Waals surface area contributed by atoms with Crippen LogP contribution in [-0.2, 0) is 0 Å². The zero-order valence-electron chi connectivity index (χ0n) is 25.0. The van der Waals surface area contributed by atoms with Crippen LogP contribution in [0.5, 0.6) is 0 Å². The minimum Gasteiger partial charge on any atom is -0.309 e. The van der Waals surface area contributed by atoms with Gasteiger partial charge in [-0.3, -0.25) is 9.55 Å². The maximum atomic E-state index is 5.17. The fourth-order valence-electron chi connectivity index (χ4n) is 6.72. The van der Waals surface area contributed by atoms with E-state index < -0.39 is 0 Å². The number of para-hydroxylation sites is 2. The zero-order valence-corrected chi connectivity index (χ0v) is 25.0.